The molecule has 3 nitrogen and oxygen atoms in total. The molecule has 2 aliphatic rings. The molecule has 0 unspecified atom stereocenters. The van der Waals surface area contributed by atoms with Crippen LogP contribution in [0.3, 0.4) is 0 Å². The summed E-state index contributed by atoms with van der Waals surface area (Å²) in [6.07, 6.45) is 6.73. The molecule has 104 valence electrons. The summed E-state index contributed by atoms with van der Waals surface area (Å²) >= 11 is 0. The molecule has 2 heterocycles. The second-order valence-corrected chi connectivity index (χ2v) is 6.44. The molecule has 1 amide bonds. The van der Waals surface area contributed by atoms with E-state index < -0.39 is 0 Å². The van der Waals surface area contributed by atoms with Gasteiger partial charge in [0.2, 0.25) is 5.91 Å². The molecule has 0 saturated carbocycles. The molecule has 2 saturated heterocycles. The smallest absolute Gasteiger partial charge is 0.222 e. The maximum absolute atomic E-state index is 12.3. The lowest BCUT2D eigenvalue weighted by atomic mass is 9.78. The van der Waals surface area contributed by atoms with E-state index in [0.29, 0.717) is 17.2 Å². The molecular formula is C15H28N2O. The molecular weight excluding hydrogens is 224 g/mol. The van der Waals surface area contributed by atoms with Gasteiger partial charge < -0.3 is 10.2 Å². The van der Waals surface area contributed by atoms with Crippen LogP contribution in [-0.2, 0) is 4.79 Å². The van der Waals surface area contributed by atoms with Crippen molar-refractivity contribution < 1.29 is 4.79 Å². The van der Waals surface area contributed by atoms with Crippen LogP contribution >= 0.6 is 0 Å². The van der Waals surface area contributed by atoms with Crippen molar-refractivity contribution in [3.8, 4) is 0 Å². The summed E-state index contributed by atoms with van der Waals surface area (Å²) in [6.45, 7) is 8.77. The lowest BCUT2D eigenvalue weighted by molar-refractivity contribution is -0.134. The lowest BCUT2D eigenvalue weighted by Gasteiger charge is -2.39. The van der Waals surface area contributed by atoms with Gasteiger partial charge in [0, 0.05) is 19.5 Å². The van der Waals surface area contributed by atoms with Gasteiger partial charge in [-0.15, -0.1) is 0 Å². The number of nitrogens with one attached hydrogen (secondary N) is 1. The van der Waals surface area contributed by atoms with Crippen LogP contribution in [0.4, 0.5) is 0 Å². The van der Waals surface area contributed by atoms with E-state index in [2.05, 4.69) is 24.1 Å². The molecule has 0 aliphatic carbocycles. The van der Waals surface area contributed by atoms with Gasteiger partial charge in [-0.05, 0) is 50.1 Å². The second kappa shape index (κ2) is 6.05. The topological polar surface area (TPSA) is 32.3 Å². The molecule has 0 radical (unpaired) electrons. The van der Waals surface area contributed by atoms with Crippen LogP contribution in [0.1, 0.15) is 52.4 Å². The molecule has 0 bridgehead atoms. The number of piperidine rings is 2. The fourth-order valence-corrected chi connectivity index (χ4v) is 3.11. The first-order valence-electron chi connectivity index (χ1n) is 7.61. The monoisotopic (exact) mass is 252 g/mol. The first-order chi connectivity index (χ1) is 8.63. The fourth-order valence-electron chi connectivity index (χ4n) is 3.11. The van der Waals surface area contributed by atoms with E-state index in [4.69, 9.17) is 0 Å². The summed E-state index contributed by atoms with van der Waals surface area (Å²) in [7, 11) is 0. The van der Waals surface area contributed by atoms with Crippen LogP contribution in [0.25, 0.3) is 0 Å². The molecule has 2 aliphatic heterocycles. The van der Waals surface area contributed by atoms with Crippen LogP contribution in [0.15, 0.2) is 0 Å². The maximum Gasteiger partial charge on any atom is 0.222 e. The molecule has 0 spiro atoms. The normalized spacial score (nSPS) is 25.1. The first-order valence-corrected chi connectivity index (χ1v) is 7.61. The Kier molecular flexibility index (Phi) is 4.66. The Morgan fingerprint density at radius 1 is 1.28 bits per heavy atom. The van der Waals surface area contributed by atoms with Gasteiger partial charge in [0.25, 0.3) is 0 Å². The van der Waals surface area contributed by atoms with Gasteiger partial charge in [0.05, 0.1) is 0 Å². The molecule has 0 atom stereocenters. The predicted molar refractivity (Wildman–Crippen MR) is 74.4 cm³/mol. The van der Waals surface area contributed by atoms with Crippen molar-refractivity contribution in [2.75, 3.05) is 26.2 Å². The zero-order chi connectivity index (χ0) is 13.0. The van der Waals surface area contributed by atoms with E-state index in [1.807, 2.05) is 0 Å². The number of rotatable bonds is 3. The van der Waals surface area contributed by atoms with Gasteiger partial charge >= 0.3 is 0 Å². The lowest BCUT2D eigenvalue weighted by Crippen LogP contribution is -2.43. The summed E-state index contributed by atoms with van der Waals surface area (Å²) in [4.78, 5) is 14.4. The van der Waals surface area contributed by atoms with E-state index in [9.17, 15) is 4.79 Å². The number of amides is 1. The minimum absolute atomic E-state index is 0.403. The van der Waals surface area contributed by atoms with Crippen molar-refractivity contribution in [3.63, 3.8) is 0 Å². The van der Waals surface area contributed by atoms with Crippen LogP contribution in [0.5, 0.6) is 0 Å². The minimum Gasteiger partial charge on any atom is -0.343 e. The second-order valence-electron chi connectivity index (χ2n) is 6.44. The number of carbonyl (C=O) groups is 1. The van der Waals surface area contributed by atoms with Gasteiger partial charge in [-0.2, -0.15) is 0 Å². The van der Waals surface area contributed by atoms with Crippen LogP contribution in [0, 0.1) is 11.3 Å². The summed E-state index contributed by atoms with van der Waals surface area (Å²) in [6, 6.07) is 0. The van der Waals surface area contributed by atoms with Gasteiger partial charge in [-0.3, -0.25) is 4.79 Å². The third kappa shape index (κ3) is 3.47. The van der Waals surface area contributed by atoms with E-state index in [-0.39, 0.29) is 0 Å². The Morgan fingerprint density at radius 3 is 2.44 bits per heavy atom. The van der Waals surface area contributed by atoms with Crippen molar-refractivity contribution in [1.29, 1.82) is 0 Å². The van der Waals surface area contributed by atoms with E-state index >= 15 is 0 Å². The standard InChI is InChI=1S/C15H28N2O/c1-3-15(2)6-10-17(11-7-15)14(18)12-13-4-8-16-9-5-13/h13,16H,3-12H2,1-2H3. The van der Waals surface area contributed by atoms with E-state index in [1.54, 1.807) is 0 Å². The van der Waals surface area contributed by atoms with Crippen LogP contribution < -0.4 is 5.32 Å². The molecule has 2 fully saturated rings. The summed E-state index contributed by atoms with van der Waals surface area (Å²) in [5, 5.41) is 3.36. The molecule has 0 aromatic heterocycles. The minimum atomic E-state index is 0.403. The molecule has 0 aromatic rings. The van der Waals surface area contributed by atoms with E-state index in [0.717, 1.165) is 32.6 Å². The van der Waals surface area contributed by atoms with Gasteiger partial charge in [0.1, 0.15) is 0 Å². The van der Waals surface area contributed by atoms with Crippen molar-refractivity contribution in [1.82, 2.24) is 10.2 Å². The number of carbonyl (C=O) groups excluding carboxylic acids is 1. The Hall–Kier alpha value is -0.570. The molecule has 0 aromatic carbocycles. The summed E-state index contributed by atoms with van der Waals surface area (Å²) in [5.41, 5.74) is 0.478. The van der Waals surface area contributed by atoms with Crippen LogP contribution in [0.2, 0.25) is 0 Å². The number of nitrogens with zero attached hydrogens (tertiary/aromatic N) is 1. The van der Waals surface area contributed by atoms with Gasteiger partial charge in [-0.1, -0.05) is 20.3 Å². The summed E-state index contributed by atoms with van der Waals surface area (Å²) < 4.78 is 0. The molecule has 3 heteroatoms. The van der Waals surface area contributed by atoms with Gasteiger partial charge in [0.15, 0.2) is 0 Å². The fraction of sp³-hybridized carbons (Fsp3) is 0.933. The van der Waals surface area contributed by atoms with E-state index in [1.165, 1.54) is 32.1 Å². The zero-order valence-electron chi connectivity index (χ0n) is 12.0. The van der Waals surface area contributed by atoms with Crippen LogP contribution in [-0.4, -0.2) is 37.0 Å². The Labute approximate surface area is 111 Å². The number of likely N-dealkylation sites (tertiary alicyclic amines) is 1. The number of hydrogen-bond acceptors (Lipinski definition) is 2. The quantitative estimate of drug-likeness (QED) is 0.836. The predicted octanol–water partition coefficient (Wildman–Crippen LogP) is 2.41. The zero-order valence-corrected chi connectivity index (χ0v) is 12.0. The van der Waals surface area contributed by atoms with Gasteiger partial charge in [-0.25, -0.2) is 0 Å². The highest BCUT2D eigenvalue weighted by Gasteiger charge is 2.31. The molecule has 18 heavy (non-hydrogen) atoms. The highest BCUT2D eigenvalue weighted by molar-refractivity contribution is 5.76. The maximum atomic E-state index is 12.3. The highest BCUT2D eigenvalue weighted by Crippen LogP contribution is 2.34. The summed E-state index contributed by atoms with van der Waals surface area (Å²) in [5.74, 6) is 1.03. The third-order valence-electron chi connectivity index (χ3n) is 5.10. The van der Waals surface area contributed by atoms with Crippen molar-refractivity contribution in [2.24, 2.45) is 11.3 Å². The average Bonchev–Trinajstić information content (AvgIpc) is 2.40. The Morgan fingerprint density at radius 2 is 1.89 bits per heavy atom. The third-order valence-corrected chi connectivity index (χ3v) is 5.10. The van der Waals surface area contributed by atoms with Crippen molar-refractivity contribution >= 4 is 5.91 Å². The average molecular weight is 252 g/mol. The molecule has 2 rings (SSSR count). The first kappa shape index (κ1) is 13.9. The largest absolute Gasteiger partial charge is 0.343 e. The SMILES string of the molecule is CCC1(C)CCN(C(=O)CC2CCNCC2)CC1. The molecule has 1 N–H and O–H groups in total. The van der Waals surface area contributed by atoms with Crippen molar-refractivity contribution in [2.45, 2.75) is 52.4 Å². The van der Waals surface area contributed by atoms with Crippen molar-refractivity contribution in [3.05, 3.63) is 0 Å². The highest BCUT2D eigenvalue weighted by atomic mass is 16.2. The number of hydrogen-bond donors (Lipinski definition) is 1. The Balaban J connectivity index is 1.76. The Bertz CT molecular complexity index is 276.